The van der Waals surface area contributed by atoms with Gasteiger partial charge in [-0.25, -0.2) is 0 Å². The average molecular weight is 248 g/mol. The number of nitrogens with zero attached hydrogens (tertiary/aromatic N) is 3. The molecule has 1 saturated carbocycles. The first-order valence-corrected chi connectivity index (χ1v) is 7.06. The molecule has 0 bridgehead atoms. The summed E-state index contributed by atoms with van der Waals surface area (Å²) in [5, 5.41) is 8.75. The van der Waals surface area contributed by atoms with Gasteiger partial charge < -0.3 is 10.6 Å². The highest BCUT2D eigenvalue weighted by Crippen LogP contribution is 2.31. The Balaban J connectivity index is 1.95. The Morgan fingerprint density at radius 1 is 1.22 bits per heavy atom. The fourth-order valence-corrected chi connectivity index (χ4v) is 2.60. The lowest BCUT2D eigenvalue weighted by atomic mass is 9.87. The minimum atomic E-state index is 0.634. The number of hydrogen-bond acceptors (Lipinski definition) is 4. The van der Waals surface area contributed by atoms with Gasteiger partial charge in [0.1, 0.15) is 0 Å². The zero-order chi connectivity index (χ0) is 12.8. The van der Waals surface area contributed by atoms with Gasteiger partial charge in [-0.05, 0) is 37.9 Å². The summed E-state index contributed by atoms with van der Waals surface area (Å²) in [6.45, 7) is 1.66. The van der Waals surface area contributed by atoms with Crippen molar-refractivity contribution in [2.24, 2.45) is 5.73 Å². The molecule has 0 aliphatic heterocycles. The summed E-state index contributed by atoms with van der Waals surface area (Å²) in [5.74, 6) is 1.58. The number of aromatic nitrogens is 2. The Kier molecular flexibility index (Phi) is 4.93. The molecule has 0 radical (unpaired) electrons. The molecule has 1 aromatic heterocycles. The molecule has 4 nitrogen and oxygen atoms in total. The highest BCUT2D eigenvalue weighted by molar-refractivity contribution is 5.36. The van der Waals surface area contributed by atoms with E-state index >= 15 is 0 Å². The first-order chi connectivity index (χ1) is 8.81. The van der Waals surface area contributed by atoms with E-state index in [0.29, 0.717) is 5.92 Å². The van der Waals surface area contributed by atoms with Gasteiger partial charge in [-0.2, -0.15) is 5.10 Å². The van der Waals surface area contributed by atoms with Gasteiger partial charge in [-0.1, -0.05) is 19.3 Å². The molecular formula is C14H24N4. The van der Waals surface area contributed by atoms with E-state index in [1.807, 2.05) is 7.05 Å². The highest BCUT2D eigenvalue weighted by atomic mass is 15.2. The monoisotopic (exact) mass is 248 g/mol. The number of hydrogen-bond donors (Lipinski definition) is 1. The molecule has 100 valence electrons. The van der Waals surface area contributed by atoms with Crippen molar-refractivity contribution in [2.45, 2.75) is 44.4 Å². The van der Waals surface area contributed by atoms with E-state index in [4.69, 9.17) is 5.73 Å². The molecule has 1 heterocycles. The molecule has 0 unspecified atom stereocenters. The second-order valence-electron chi connectivity index (χ2n) is 5.22. The van der Waals surface area contributed by atoms with E-state index in [1.165, 1.54) is 37.8 Å². The molecule has 1 fully saturated rings. The van der Waals surface area contributed by atoms with E-state index in [9.17, 15) is 0 Å². The lowest BCUT2D eigenvalue weighted by Gasteiger charge is -2.21. The van der Waals surface area contributed by atoms with E-state index in [1.54, 1.807) is 0 Å². The minimum absolute atomic E-state index is 0.634. The molecule has 4 heteroatoms. The van der Waals surface area contributed by atoms with Gasteiger partial charge in [0.25, 0.3) is 0 Å². The van der Waals surface area contributed by atoms with E-state index < -0.39 is 0 Å². The molecule has 1 aliphatic rings. The van der Waals surface area contributed by atoms with Crippen molar-refractivity contribution in [1.29, 1.82) is 0 Å². The summed E-state index contributed by atoms with van der Waals surface area (Å²) in [7, 11) is 2.04. The van der Waals surface area contributed by atoms with E-state index in [-0.39, 0.29) is 0 Å². The largest absolute Gasteiger partial charge is 0.358 e. The number of anilines is 1. The molecule has 2 N–H and O–H groups in total. The molecule has 0 aromatic carbocycles. The average Bonchev–Trinajstić information content (AvgIpc) is 2.46. The van der Waals surface area contributed by atoms with Crippen LogP contribution in [0.15, 0.2) is 12.1 Å². The lowest BCUT2D eigenvalue weighted by Crippen LogP contribution is -2.22. The SMILES string of the molecule is CN(CCCN)c1ccc(C2CCCCC2)nn1. The van der Waals surface area contributed by atoms with Crippen molar-refractivity contribution < 1.29 is 0 Å². The minimum Gasteiger partial charge on any atom is -0.358 e. The van der Waals surface area contributed by atoms with Gasteiger partial charge in [0, 0.05) is 19.5 Å². The zero-order valence-electron chi connectivity index (χ0n) is 11.3. The molecule has 18 heavy (non-hydrogen) atoms. The fourth-order valence-electron chi connectivity index (χ4n) is 2.60. The van der Waals surface area contributed by atoms with Crippen molar-refractivity contribution in [3.63, 3.8) is 0 Å². The molecule has 0 amide bonds. The summed E-state index contributed by atoms with van der Waals surface area (Å²) in [4.78, 5) is 2.12. The predicted octanol–water partition coefficient (Wildman–Crippen LogP) is 2.31. The van der Waals surface area contributed by atoms with E-state index in [0.717, 1.165) is 25.3 Å². The van der Waals surface area contributed by atoms with Gasteiger partial charge in [-0.3, -0.25) is 0 Å². The summed E-state index contributed by atoms with van der Waals surface area (Å²) < 4.78 is 0. The molecule has 0 atom stereocenters. The van der Waals surface area contributed by atoms with Crippen molar-refractivity contribution in [2.75, 3.05) is 25.0 Å². The van der Waals surface area contributed by atoms with Gasteiger partial charge in [0.15, 0.2) is 5.82 Å². The Bertz CT molecular complexity index is 343. The van der Waals surface area contributed by atoms with Crippen LogP contribution in [0.3, 0.4) is 0 Å². The van der Waals surface area contributed by atoms with Crippen molar-refractivity contribution in [3.05, 3.63) is 17.8 Å². The topological polar surface area (TPSA) is 55.0 Å². The van der Waals surface area contributed by atoms with Crippen LogP contribution in [0.5, 0.6) is 0 Å². The summed E-state index contributed by atoms with van der Waals surface area (Å²) in [5.41, 5.74) is 6.69. The quantitative estimate of drug-likeness (QED) is 0.868. The highest BCUT2D eigenvalue weighted by Gasteiger charge is 2.17. The molecule has 2 rings (SSSR count). The third-order valence-corrected chi connectivity index (χ3v) is 3.78. The summed E-state index contributed by atoms with van der Waals surface area (Å²) in [6.07, 6.45) is 7.59. The molecule has 0 saturated heterocycles. The van der Waals surface area contributed by atoms with Crippen molar-refractivity contribution in [3.8, 4) is 0 Å². The van der Waals surface area contributed by atoms with Gasteiger partial charge in [-0.15, -0.1) is 5.10 Å². The van der Waals surface area contributed by atoms with Crippen molar-refractivity contribution in [1.82, 2.24) is 10.2 Å². The van der Waals surface area contributed by atoms with Crippen LogP contribution in [-0.2, 0) is 0 Å². The number of nitrogens with two attached hydrogens (primary N) is 1. The maximum absolute atomic E-state index is 5.51. The fraction of sp³-hybridized carbons (Fsp3) is 0.714. The van der Waals surface area contributed by atoms with Gasteiger partial charge in [0.2, 0.25) is 0 Å². The maximum atomic E-state index is 5.51. The third kappa shape index (κ3) is 3.42. The maximum Gasteiger partial charge on any atom is 0.150 e. The predicted molar refractivity (Wildman–Crippen MR) is 74.8 cm³/mol. The lowest BCUT2D eigenvalue weighted by molar-refractivity contribution is 0.434. The Labute approximate surface area is 110 Å². The number of rotatable bonds is 5. The second kappa shape index (κ2) is 6.69. The van der Waals surface area contributed by atoms with Crippen LogP contribution >= 0.6 is 0 Å². The van der Waals surface area contributed by atoms with Gasteiger partial charge >= 0.3 is 0 Å². The van der Waals surface area contributed by atoms with Crippen LogP contribution in [0.2, 0.25) is 0 Å². The van der Waals surface area contributed by atoms with Crippen LogP contribution < -0.4 is 10.6 Å². The second-order valence-corrected chi connectivity index (χ2v) is 5.22. The first kappa shape index (κ1) is 13.3. The molecule has 1 aromatic rings. The Morgan fingerprint density at radius 3 is 2.61 bits per heavy atom. The van der Waals surface area contributed by atoms with Crippen LogP contribution in [0.4, 0.5) is 5.82 Å². The molecule has 1 aliphatic carbocycles. The van der Waals surface area contributed by atoms with Crippen molar-refractivity contribution >= 4 is 5.82 Å². The van der Waals surface area contributed by atoms with E-state index in [2.05, 4.69) is 27.2 Å². The summed E-state index contributed by atoms with van der Waals surface area (Å²) >= 11 is 0. The van der Waals surface area contributed by atoms with Crippen LogP contribution in [0, 0.1) is 0 Å². The van der Waals surface area contributed by atoms with Gasteiger partial charge in [0.05, 0.1) is 5.69 Å². The van der Waals surface area contributed by atoms with Crippen LogP contribution in [0.25, 0.3) is 0 Å². The summed E-state index contributed by atoms with van der Waals surface area (Å²) in [6, 6.07) is 4.24. The molecular weight excluding hydrogens is 224 g/mol. The van der Waals surface area contributed by atoms with Crippen LogP contribution in [-0.4, -0.2) is 30.3 Å². The van der Waals surface area contributed by atoms with Crippen LogP contribution in [0.1, 0.15) is 50.1 Å². The standard InChI is InChI=1S/C14H24N4/c1-18(11-5-10-15)14-9-8-13(16-17-14)12-6-3-2-4-7-12/h8-9,12H,2-7,10-11,15H2,1H3. The smallest absolute Gasteiger partial charge is 0.150 e. The normalized spacial score (nSPS) is 16.8. The Hall–Kier alpha value is -1.16. The zero-order valence-corrected chi connectivity index (χ0v) is 11.3. The third-order valence-electron chi connectivity index (χ3n) is 3.78. The Morgan fingerprint density at radius 2 is 2.00 bits per heavy atom. The molecule has 0 spiro atoms. The first-order valence-electron chi connectivity index (χ1n) is 7.06.